The number of hydrogen-bond donors (Lipinski definition) is 2. The Balaban J connectivity index is 1.79. The van der Waals surface area contributed by atoms with Gasteiger partial charge in [-0.3, -0.25) is 9.69 Å². The van der Waals surface area contributed by atoms with Crippen molar-refractivity contribution in [3.05, 3.63) is 54.1 Å². The van der Waals surface area contributed by atoms with E-state index in [0.717, 1.165) is 31.1 Å². The summed E-state index contributed by atoms with van der Waals surface area (Å²) in [5.74, 6) is -0.0852. The molecule has 1 heterocycles. The molecule has 1 saturated heterocycles. The van der Waals surface area contributed by atoms with E-state index in [1.54, 1.807) is 7.11 Å². The number of rotatable bonds is 6. The fourth-order valence-electron chi connectivity index (χ4n) is 3.50. The molecule has 0 radical (unpaired) electrons. The van der Waals surface area contributed by atoms with Gasteiger partial charge in [0.1, 0.15) is 5.75 Å². The summed E-state index contributed by atoms with van der Waals surface area (Å²) in [5.41, 5.74) is 8.88. The van der Waals surface area contributed by atoms with Crippen molar-refractivity contribution in [3.63, 3.8) is 0 Å². The van der Waals surface area contributed by atoms with E-state index in [1.807, 2.05) is 36.4 Å². The van der Waals surface area contributed by atoms with E-state index in [1.165, 1.54) is 5.56 Å². The van der Waals surface area contributed by atoms with E-state index in [4.69, 9.17) is 10.5 Å². The van der Waals surface area contributed by atoms with Gasteiger partial charge in [-0.25, -0.2) is 0 Å². The topological polar surface area (TPSA) is 79.0 Å². The van der Waals surface area contributed by atoms with Crippen molar-refractivity contribution < 1.29 is 14.6 Å². The first-order valence-corrected chi connectivity index (χ1v) is 8.75. The highest BCUT2D eigenvalue weighted by molar-refractivity contribution is 5.73. The molecule has 6 nitrogen and oxygen atoms in total. The van der Waals surface area contributed by atoms with Gasteiger partial charge in [0.25, 0.3) is 0 Å². The van der Waals surface area contributed by atoms with E-state index >= 15 is 0 Å². The molecule has 0 aromatic heterocycles. The SMILES string of the molecule is COc1ccc(N)c(N2CCN(Cc3ccccc3)CC2CC(=O)O)c1. The van der Waals surface area contributed by atoms with Crippen molar-refractivity contribution in [2.45, 2.75) is 19.0 Å². The van der Waals surface area contributed by atoms with Crippen LogP contribution in [-0.4, -0.2) is 48.8 Å². The van der Waals surface area contributed by atoms with Gasteiger partial charge in [0.15, 0.2) is 0 Å². The minimum atomic E-state index is -0.803. The van der Waals surface area contributed by atoms with Crippen molar-refractivity contribution in [2.75, 3.05) is 37.4 Å². The van der Waals surface area contributed by atoms with Gasteiger partial charge in [-0.2, -0.15) is 0 Å². The fraction of sp³-hybridized carbons (Fsp3) is 0.350. The molecule has 0 amide bonds. The van der Waals surface area contributed by atoms with Crippen LogP contribution in [0.15, 0.2) is 48.5 Å². The number of carboxylic acids is 1. The number of nitrogens with two attached hydrogens (primary N) is 1. The molecule has 26 heavy (non-hydrogen) atoms. The third-order valence-electron chi connectivity index (χ3n) is 4.77. The smallest absolute Gasteiger partial charge is 0.305 e. The number of piperazine rings is 1. The minimum absolute atomic E-state index is 0.0714. The minimum Gasteiger partial charge on any atom is -0.497 e. The molecule has 1 aliphatic heterocycles. The summed E-state index contributed by atoms with van der Waals surface area (Å²) < 4.78 is 5.31. The number of nitrogen functional groups attached to an aromatic ring is 1. The highest BCUT2D eigenvalue weighted by atomic mass is 16.5. The zero-order valence-electron chi connectivity index (χ0n) is 15.0. The molecular weight excluding hydrogens is 330 g/mol. The summed E-state index contributed by atoms with van der Waals surface area (Å²) >= 11 is 0. The fourth-order valence-corrected chi connectivity index (χ4v) is 3.50. The highest BCUT2D eigenvalue weighted by Gasteiger charge is 2.30. The largest absolute Gasteiger partial charge is 0.497 e. The second-order valence-electron chi connectivity index (χ2n) is 6.59. The van der Waals surface area contributed by atoms with Crippen molar-refractivity contribution >= 4 is 17.3 Å². The molecule has 0 aliphatic carbocycles. The number of aliphatic carboxylic acids is 1. The van der Waals surface area contributed by atoms with Gasteiger partial charge in [-0.1, -0.05) is 30.3 Å². The summed E-state index contributed by atoms with van der Waals surface area (Å²) in [6.07, 6.45) is 0.0714. The lowest BCUT2D eigenvalue weighted by atomic mass is 10.1. The van der Waals surface area contributed by atoms with Crippen LogP contribution in [0.4, 0.5) is 11.4 Å². The molecule has 1 fully saturated rings. The van der Waals surface area contributed by atoms with Gasteiger partial charge in [0, 0.05) is 32.2 Å². The van der Waals surface area contributed by atoms with E-state index in [-0.39, 0.29) is 12.5 Å². The molecule has 138 valence electrons. The van der Waals surface area contributed by atoms with Gasteiger partial charge < -0.3 is 20.5 Å². The average Bonchev–Trinajstić information content (AvgIpc) is 2.63. The van der Waals surface area contributed by atoms with E-state index in [2.05, 4.69) is 21.9 Å². The molecule has 0 bridgehead atoms. The van der Waals surface area contributed by atoms with Gasteiger partial charge in [0.2, 0.25) is 0 Å². The Morgan fingerprint density at radius 3 is 2.69 bits per heavy atom. The van der Waals surface area contributed by atoms with E-state index in [0.29, 0.717) is 12.2 Å². The number of methoxy groups -OCH3 is 1. The Hall–Kier alpha value is -2.73. The Morgan fingerprint density at radius 2 is 2.00 bits per heavy atom. The number of carboxylic acid groups (broad SMARTS) is 1. The van der Waals surface area contributed by atoms with Crippen LogP contribution in [0.5, 0.6) is 5.75 Å². The van der Waals surface area contributed by atoms with Crippen LogP contribution in [0.25, 0.3) is 0 Å². The van der Waals surface area contributed by atoms with Crippen LogP contribution >= 0.6 is 0 Å². The molecular formula is C20H25N3O3. The van der Waals surface area contributed by atoms with Crippen LogP contribution in [0.3, 0.4) is 0 Å². The summed E-state index contributed by atoms with van der Waals surface area (Å²) in [7, 11) is 1.61. The lowest BCUT2D eigenvalue weighted by Crippen LogP contribution is -2.53. The average molecular weight is 355 g/mol. The van der Waals surface area contributed by atoms with Crippen molar-refractivity contribution in [1.29, 1.82) is 0 Å². The maximum absolute atomic E-state index is 11.4. The first-order chi connectivity index (χ1) is 12.6. The van der Waals surface area contributed by atoms with Gasteiger partial charge in [0.05, 0.1) is 30.9 Å². The van der Waals surface area contributed by atoms with Crippen molar-refractivity contribution in [3.8, 4) is 5.75 Å². The Kier molecular flexibility index (Phi) is 5.63. The second kappa shape index (κ2) is 8.10. The predicted octanol–water partition coefficient (Wildman–Crippen LogP) is 2.44. The normalized spacial score (nSPS) is 17.9. The molecule has 3 rings (SSSR count). The Morgan fingerprint density at radius 1 is 1.23 bits per heavy atom. The first-order valence-electron chi connectivity index (χ1n) is 8.75. The maximum Gasteiger partial charge on any atom is 0.305 e. The Labute approximate surface area is 153 Å². The van der Waals surface area contributed by atoms with Crippen molar-refractivity contribution in [1.82, 2.24) is 4.90 Å². The summed E-state index contributed by atoms with van der Waals surface area (Å²) in [6.45, 7) is 3.07. The van der Waals surface area contributed by atoms with Crippen LogP contribution < -0.4 is 15.4 Å². The van der Waals surface area contributed by atoms with Crippen LogP contribution in [0.2, 0.25) is 0 Å². The number of anilines is 2. The number of carbonyl (C=O) groups is 1. The lowest BCUT2D eigenvalue weighted by molar-refractivity contribution is -0.137. The molecule has 2 aromatic carbocycles. The molecule has 0 saturated carbocycles. The summed E-state index contributed by atoms with van der Waals surface area (Å²) in [4.78, 5) is 15.8. The maximum atomic E-state index is 11.4. The molecule has 6 heteroatoms. The van der Waals surface area contributed by atoms with Gasteiger partial charge in [-0.05, 0) is 17.7 Å². The lowest BCUT2D eigenvalue weighted by Gasteiger charge is -2.42. The molecule has 1 atom stereocenters. The number of ether oxygens (including phenoxy) is 1. The van der Waals surface area contributed by atoms with Crippen LogP contribution in [0, 0.1) is 0 Å². The number of hydrogen-bond acceptors (Lipinski definition) is 5. The first kappa shape index (κ1) is 18.1. The monoisotopic (exact) mass is 355 g/mol. The summed E-state index contributed by atoms with van der Waals surface area (Å²) in [5, 5.41) is 9.38. The third kappa shape index (κ3) is 4.26. The van der Waals surface area contributed by atoms with E-state index in [9.17, 15) is 9.90 Å². The molecule has 0 spiro atoms. The molecule has 2 aromatic rings. The van der Waals surface area contributed by atoms with Crippen molar-refractivity contribution in [2.24, 2.45) is 0 Å². The summed E-state index contributed by atoms with van der Waals surface area (Å²) in [6, 6.07) is 15.6. The second-order valence-corrected chi connectivity index (χ2v) is 6.59. The van der Waals surface area contributed by atoms with Gasteiger partial charge in [-0.15, -0.1) is 0 Å². The molecule has 1 unspecified atom stereocenters. The predicted molar refractivity (Wildman–Crippen MR) is 103 cm³/mol. The molecule has 3 N–H and O–H groups in total. The zero-order valence-corrected chi connectivity index (χ0v) is 15.0. The van der Waals surface area contributed by atoms with Gasteiger partial charge >= 0.3 is 5.97 Å². The zero-order chi connectivity index (χ0) is 18.5. The number of nitrogens with zero attached hydrogens (tertiary/aromatic N) is 2. The standard InChI is InChI=1S/C20H25N3O3/c1-26-17-7-8-18(21)19(12-17)23-10-9-22(14-16(23)11-20(24)25)13-15-5-3-2-4-6-15/h2-8,12,16H,9-11,13-14,21H2,1H3,(H,24,25). The third-order valence-corrected chi connectivity index (χ3v) is 4.77. The number of benzene rings is 2. The van der Waals surface area contributed by atoms with E-state index < -0.39 is 5.97 Å². The highest BCUT2D eigenvalue weighted by Crippen LogP contribution is 2.32. The van der Waals surface area contributed by atoms with Crippen LogP contribution in [-0.2, 0) is 11.3 Å². The quantitative estimate of drug-likeness (QED) is 0.775. The van der Waals surface area contributed by atoms with Crippen LogP contribution in [0.1, 0.15) is 12.0 Å². The Bertz CT molecular complexity index is 751. The molecule has 1 aliphatic rings.